The molecule has 0 bridgehead atoms. The van der Waals surface area contributed by atoms with Gasteiger partial charge < -0.3 is 14.6 Å². The molecule has 0 radical (unpaired) electrons. The van der Waals surface area contributed by atoms with Crippen molar-refractivity contribution < 1.29 is 24.2 Å². The van der Waals surface area contributed by atoms with Crippen LogP contribution in [0.15, 0.2) is 22.8 Å². The lowest BCUT2D eigenvalue weighted by atomic mass is 9.47. The number of aliphatic hydroxyl groups is 1. The number of carbonyl (C=O) groups excluding carboxylic acids is 2. The molecule has 0 aromatic rings. The van der Waals surface area contributed by atoms with Gasteiger partial charge >= 0.3 is 5.97 Å². The molecule has 4 rings (SSSR count). The smallest absolute Gasteiger partial charge is 0.333 e. The van der Waals surface area contributed by atoms with Crippen LogP contribution in [-0.4, -0.2) is 41.8 Å². The molecule has 142 valence electrons. The SMILES string of the molecule is COC(=O)/C(C)=C1\C(=O)[C@H](O)C2[C@]3(CC=C4C(C)(C)CCC[C@]42C)OC13. The predicted octanol–water partition coefficient (Wildman–Crippen LogP) is 2.72. The van der Waals surface area contributed by atoms with E-state index in [2.05, 4.69) is 26.8 Å². The molecule has 1 N–H and O–H groups in total. The molecule has 1 aliphatic heterocycles. The molecule has 3 fully saturated rings. The normalized spacial score (nSPS) is 44.9. The molecule has 2 saturated carbocycles. The van der Waals surface area contributed by atoms with Crippen molar-refractivity contribution in [3.8, 4) is 0 Å². The number of Topliss-reactive ketones (excluding diaryl/α,β-unsaturated/α-hetero) is 1. The highest BCUT2D eigenvalue weighted by molar-refractivity contribution is 6.08. The third-order valence-corrected chi connectivity index (χ3v) is 7.41. The van der Waals surface area contributed by atoms with E-state index in [1.165, 1.54) is 12.7 Å². The zero-order chi connectivity index (χ0) is 19.1. The Morgan fingerprint density at radius 3 is 2.65 bits per heavy atom. The minimum absolute atomic E-state index is 0.0693. The Morgan fingerprint density at radius 2 is 2.00 bits per heavy atom. The lowest BCUT2D eigenvalue weighted by Crippen LogP contribution is -2.58. The van der Waals surface area contributed by atoms with Crippen LogP contribution in [0.2, 0.25) is 0 Å². The Morgan fingerprint density at radius 1 is 1.31 bits per heavy atom. The van der Waals surface area contributed by atoms with E-state index in [1.54, 1.807) is 6.92 Å². The molecular formula is C21H28O5. The number of carbonyl (C=O) groups is 2. The van der Waals surface area contributed by atoms with E-state index >= 15 is 0 Å². The van der Waals surface area contributed by atoms with Gasteiger partial charge in [-0.2, -0.15) is 0 Å². The summed E-state index contributed by atoms with van der Waals surface area (Å²) < 4.78 is 10.9. The van der Waals surface area contributed by atoms with Crippen LogP contribution in [0.1, 0.15) is 53.4 Å². The minimum Gasteiger partial charge on any atom is -0.466 e. The van der Waals surface area contributed by atoms with Crippen molar-refractivity contribution in [2.24, 2.45) is 16.7 Å². The van der Waals surface area contributed by atoms with Gasteiger partial charge in [-0.1, -0.05) is 38.8 Å². The Kier molecular flexibility index (Phi) is 3.65. The van der Waals surface area contributed by atoms with E-state index in [0.717, 1.165) is 19.3 Å². The molecule has 3 aliphatic carbocycles. The van der Waals surface area contributed by atoms with Crippen molar-refractivity contribution in [2.75, 3.05) is 7.11 Å². The van der Waals surface area contributed by atoms with Gasteiger partial charge in [0.1, 0.15) is 17.8 Å². The molecule has 1 heterocycles. The van der Waals surface area contributed by atoms with Crippen molar-refractivity contribution >= 4 is 11.8 Å². The van der Waals surface area contributed by atoms with E-state index in [-0.39, 0.29) is 28.1 Å². The van der Waals surface area contributed by atoms with Gasteiger partial charge in [0.05, 0.1) is 7.11 Å². The third kappa shape index (κ3) is 2.04. The van der Waals surface area contributed by atoms with E-state index < -0.39 is 23.8 Å². The maximum Gasteiger partial charge on any atom is 0.333 e. The average Bonchev–Trinajstić information content (AvgIpc) is 3.26. The summed E-state index contributed by atoms with van der Waals surface area (Å²) in [6.07, 6.45) is 4.54. The number of fused-ring (bicyclic) bond motifs is 2. The summed E-state index contributed by atoms with van der Waals surface area (Å²) in [5.41, 5.74) is 1.15. The minimum atomic E-state index is -1.15. The Labute approximate surface area is 154 Å². The number of allylic oxidation sites excluding steroid dienone is 1. The molecule has 1 spiro atoms. The number of methoxy groups -OCH3 is 1. The van der Waals surface area contributed by atoms with Crippen LogP contribution < -0.4 is 0 Å². The standard InChI is InChI=1S/C21H28O5/c1-11(18(24)25-5)13-14(22)15(23)16-20(4)9-6-8-19(2,3)12(20)7-10-21(16)17(13)26-21/h7,15-17,23H,6,8-10H2,1-5H3/b13-11+/t15-,16?,17?,20+,21-/m0/s1. The number of hydrogen-bond acceptors (Lipinski definition) is 5. The van der Waals surface area contributed by atoms with Crippen molar-refractivity contribution in [3.63, 3.8) is 0 Å². The lowest BCUT2D eigenvalue weighted by molar-refractivity contribution is -0.138. The summed E-state index contributed by atoms with van der Waals surface area (Å²) in [6, 6.07) is 0. The van der Waals surface area contributed by atoms with Gasteiger partial charge in [0, 0.05) is 17.1 Å². The molecule has 1 saturated heterocycles. The highest BCUT2D eigenvalue weighted by Gasteiger charge is 2.75. The molecule has 26 heavy (non-hydrogen) atoms. The summed E-state index contributed by atoms with van der Waals surface area (Å²) in [5, 5.41) is 11.1. The highest BCUT2D eigenvalue weighted by Crippen LogP contribution is 2.68. The number of ketones is 1. The number of hydrogen-bond donors (Lipinski definition) is 1. The van der Waals surface area contributed by atoms with E-state index in [9.17, 15) is 14.7 Å². The second-order valence-electron chi connectivity index (χ2n) is 9.25. The quantitative estimate of drug-likeness (QED) is 0.337. The summed E-state index contributed by atoms with van der Waals surface area (Å²) in [6.45, 7) is 8.27. The average molecular weight is 360 g/mol. The third-order valence-electron chi connectivity index (χ3n) is 7.41. The second-order valence-corrected chi connectivity index (χ2v) is 9.25. The van der Waals surface area contributed by atoms with Crippen LogP contribution in [0, 0.1) is 16.7 Å². The summed E-state index contributed by atoms with van der Waals surface area (Å²) in [4.78, 5) is 25.0. The van der Waals surface area contributed by atoms with Crippen LogP contribution >= 0.6 is 0 Å². The largest absolute Gasteiger partial charge is 0.466 e. The summed E-state index contributed by atoms with van der Waals surface area (Å²) in [7, 11) is 1.29. The fourth-order valence-corrected chi connectivity index (χ4v) is 6.28. The van der Waals surface area contributed by atoms with Gasteiger partial charge in [-0.3, -0.25) is 4.79 Å². The van der Waals surface area contributed by atoms with Crippen molar-refractivity contribution in [3.05, 3.63) is 22.8 Å². The molecule has 0 aromatic heterocycles. The maximum atomic E-state index is 13.0. The van der Waals surface area contributed by atoms with Crippen LogP contribution in [0.4, 0.5) is 0 Å². The molecule has 5 nitrogen and oxygen atoms in total. The van der Waals surface area contributed by atoms with Crippen LogP contribution in [-0.2, 0) is 19.1 Å². The van der Waals surface area contributed by atoms with Gasteiger partial charge in [0.15, 0.2) is 5.78 Å². The molecule has 5 heteroatoms. The molecule has 2 unspecified atom stereocenters. The molecule has 5 atom stereocenters. The Balaban J connectivity index is 1.83. The lowest BCUT2D eigenvalue weighted by Gasteiger charge is -2.56. The van der Waals surface area contributed by atoms with Crippen molar-refractivity contribution in [2.45, 2.75) is 71.2 Å². The van der Waals surface area contributed by atoms with Gasteiger partial charge in [0.25, 0.3) is 0 Å². The zero-order valence-electron chi connectivity index (χ0n) is 16.2. The first-order chi connectivity index (χ1) is 12.1. The predicted molar refractivity (Wildman–Crippen MR) is 95.3 cm³/mol. The Bertz CT molecular complexity index is 760. The van der Waals surface area contributed by atoms with Gasteiger partial charge in [-0.25, -0.2) is 4.79 Å². The van der Waals surface area contributed by atoms with Crippen molar-refractivity contribution in [1.82, 2.24) is 0 Å². The molecule has 4 aliphatic rings. The van der Waals surface area contributed by atoms with Gasteiger partial charge in [-0.15, -0.1) is 0 Å². The first kappa shape index (κ1) is 17.9. The highest BCUT2D eigenvalue weighted by atomic mass is 16.6. The fraction of sp³-hybridized carbons (Fsp3) is 0.714. The maximum absolute atomic E-state index is 13.0. The number of esters is 1. The molecular weight excluding hydrogens is 332 g/mol. The molecule has 0 amide bonds. The van der Waals surface area contributed by atoms with Crippen LogP contribution in [0.5, 0.6) is 0 Å². The number of rotatable bonds is 1. The van der Waals surface area contributed by atoms with E-state index in [4.69, 9.17) is 9.47 Å². The van der Waals surface area contributed by atoms with Crippen LogP contribution in [0.3, 0.4) is 0 Å². The zero-order valence-corrected chi connectivity index (χ0v) is 16.2. The fourth-order valence-electron chi connectivity index (χ4n) is 6.28. The number of epoxide rings is 1. The number of aliphatic hydroxyl groups excluding tert-OH is 1. The summed E-state index contributed by atoms with van der Waals surface area (Å²) in [5.74, 6) is -1.18. The Hall–Kier alpha value is -1.46. The number of ether oxygens (including phenoxy) is 2. The summed E-state index contributed by atoms with van der Waals surface area (Å²) >= 11 is 0. The van der Waals surface area contributed by atoms with Gasteiger partial charge in [0.2, 0.25) is 0 Å². The van der Waals surface area contributed by atoms with E-state index in [0.29, 0.717) is 12.0 Å². The topological polar surface area (TPSA) is 76.1 Å². The van der Waals surface area contributed by atoms with Crippen LogP contribution in [0.25, 0.3) is 0 Å². The molecule has 0 aromatic carbocycles. The second kappa shape index (κ2) is 5.29. The van der Waals surface area contributed by atoms with E-state index in [1.807, 2.05) is 0 Å². The monoisotopic (exact) mass is 360 g/mol. The van der Waals surface area contributed by atoms with Crippen molar-refractivity contribution in [1.29, 1.82) is 0 Å². The van der Waals surface area contributed by atoms with Gasteiger partial charge in [-0.05, 0) is 37.0 Å². The first-order valence-electron chi connectivity index (χ1n) is 9.50. The first-order valence-corrected chi connectivity index (χ1v) is 9.50.